The molecule has 0 spiro atoms. The second-order valence-electron chi connectivity index (χ2n) is 4.51. The fraction of sp³-hybridized carbons (Fsp3) is 0.200. The van der Waals surface area contributed by atoms with Gasteiger partial charge in [-0.2, -0.15) is 0 Å². The third-order valence-electron chi connectivity index (χ3n) is 2.79. The van der Waals surface area contributed by atoms with Gasteiger partial charge in [0.1, 0.15) is 5.75 Å². The van der Waals surface area contributed by atoms with Crippen molar-refractivity contribution in [2.24, 2.45) is 5.73 Å². The molecular formula is C15H15ClFNO. The van der Waals surface area contributed by atoms with Gasteiger partial charge in [-0.25, -0.2) is 4.39 Å². The van der Waals surface area contributed by atoms with Crippen molar-refractivity contribution in [3.63, 3.8) is 0 Å². The molecule has 0 aliphatic heterocycles. The van der Waals surface area contributed by atoms with Crippen LogP contribution in [0.1, 0.15) is 24.1 Å². The molecule has 0 bridgehead atoms. The van der Waals surface area contributed by atoms with E-state index in [0.29, 0.717) is 10.8 Å². The molecule has 4 heteroatoms. The van der Waals surface area contributed by atoms with Gasteiger partial charge >= 0.3 is 0 Å². The first-order valence-corrected chi connectivity index (χ1v) is 6.34. The van der Waals surface area contributed by atoms with E-state index in [9.17, 15) is 4.39 Å². The Bertz CT molecular complexity index is 599. The van der Waals surface area contributed by atoms with Crippen LogP contribution in [0.5, 0.6) is 11.5 Å². The third-order valence-corrected chi connectivity index (χ3v) is 3.08. The summed E-state index contributed by atoms with van der Waals surface area (Å²) < 4.78 is 19.1. The normalized spacial score (nSPS) is 12.3. The fourth-order valence-corrected chi connectivity index (χ4v) is 1.92. The predicted octanol–water partition coefficient (Wildman–Crippen LogP) is 4.60. The molecule has 0 fully saturated rings. The zero-order chi connectivity index (χ0) is 14.0. The molecule has 2 aromatic rings. The summed E-state index contributed by atoms with van der Waals surface area (Å²) in [5, 5.41) is 0.413. The van der Waals surface area contributed by atoms with Gasteiger partial charge in [-0.05, 0) is 49.2 Å². The van der Waals surface area contributed by atoms with E-state index >= 15 is 0 Å². The first kappa shape index (κ1) is 13.8. The third kappa shape index (κ3) is 3.25. The minimum Gasteiger partial charge on any atom is -0.453 e. The Morgan fingerprint density at radius 1 is 1.16 bits per heavy atom. The highest BCUT2D eigenvalue weighted by molar-refractivity contribution is 6.32. The molecule has 0 unspecified atom stereocenters. The molecule has 2 N–H and O–H groups in total. The molecule has 0 radical (unpaired) electrons. The lowest BCUT2D eigenvalue weighted by molar-refractivity contribution is 0.442. The van der Waals surface area contributed by atoms with E-state index in [0.717, 1.165) is 11.1 Å². The van der Waals surface area contributed by atoms with E-state index in [1.165, 1.54) is 6.07 Å². The van der Waals surface area contributed by atoms with E-state index in [1.54, 1.807) is 24.3 Å². The summed E-state index contributed by atoms with van der Waals surface area (Å²) in [6.07, 6.45) is 0. The molecule has 0 amide bonds. The molecule has 0 aliphatic carbocycles. The van der Waals surface area contributed by atoms with Crippen molar-refractivity contribution in [1.29, 1.82) is 0 Å². The SMILES string of the molecule is Cc1ccc(F)c(Oc2ccc([C@H](C)N)cc2Cl)c1. The van der Waals surface area contributed by atoms with Crippen LogP contribution in [-0.4, -0.2) is 0 Å². The van der Waals surface area contributed by atoms with E-state index in [-0.39, 0.29) is 11.8 Å². The molecule has 2 rings (SSSR count). The summed E-state index contributed by atoms with van der Waals surface area (Å²) in [5.41, 5.74) is 7.59. The van der Waals surface area contributed by atoms with Gasteiger partial charge in [-0.3, -0.25) is 0 Å². The van der Waals surface area contributed by atoms with Gasteiger partial charge in [0.05, 0.1) is 5.02 Å². The molecule has 100 valence electrons. The number of hydrogen-bond donors (Lipinski definition) is 1. The van der Waals surface area contributed by atoms with Crippen LogP contribution in [0.25, 0.3) is 0 Å². The van der Waals surface area contributed by atoms with Gasteiger partial charge < -0.3 is 10.5 Å². The summed E-state index contributed by atoms with van der Waals surface area (Å²) in [4.78, 5) is 0. The Hall–Kier alpha value is -1.58. The number of ether oxygens (including phenoxy) is 1. The molecule has 0 heterocycles. The summed E-state index contributed by atoms with van der Waals surface area (Å²) in [7, 11) is 0. The summed E-state index contributed by atoms with van der Waals surface area (Å²) in [6, 6.07) is 9.82. The van der Waals surface area contributed by atoms with Crippen molar-refractivity contribution in [2.75, 3.05) is 0 Å². The predicted molar refractivity (Wildman–Crippen MR) is 75.3 cm³/mol. The Morgan fingerprint density at radius 2 is 1.89 bits per heavy atom. The van der Waals surface area contributed by atoms with Gasteiger partial charge in [-0.15, -0.1) is 0 Å². The fourth-order valence-electron chi connectivity index (χ4n) is 1.69. The largest absolute Gasteiger partial charge is 0.453 e. The zero-order valence-corrected chi connectivity index (χ0v) is 11.5. The van der Waals surface area contributed by atoms with Crippen LogP contribution >= 0.6 is 11.6 Å². The van der Waals surface area contributed by atoms with Crippen molar-refractivity contribution < 1.29 is 9.13 Å². The van der Waals surface area contributed by atoms with Crippen LogP contribution in [-0.2, 0) is 0 Å². The van der Waals surface area contributed by atoms with E-state index < -0.39 is 5.82 Å². The second-order valence-corrected chi connectivity index (χ2v) is 4.92. The van der Waals surface area contributed by atoms with Gasteiger partial charge in [0, 0.05) is 6.04 Å². The lowest BCUT2D eigenvalue weighted by Crippen LogP contribution is -2.04. The number of aryl methyl sites for hydroxylation is 1. The van der Waals surface area contributed by atoms with Crippen LogP contribution in [0.2, 0.25) is 5.02 Å². The quantitative estimate of drug-likeness (QED) is 0.891. The highest BCUT2D eigenvalue weighted by Gasteiger charge is 2.10. The van der Waals surface area contributed by atoms with Crippen LogP contribution < -0.4 is 10.5 Å². The van der Waals surface area contributed by atoms with Crippen molar-refractivity contribution in [3.05, 3.63) is 58.4 Å². The zero-order valence-electron chi connectivity index (χ0n) is 10.8. The van der Waals surface area contributed by atoms with Crippen molar-refractivity contribution in [2.45, 2.75) is 19.9 Å². The molecular weight excluding hydrogens is 265 g/mol. The average molecular weight is 280 g/mol. The Morgan fingerprint density at radius 3 is 2.53 bits per heavy atom. The molecule has 0 saturated carbocycles. The summed E-state index contributed by atoms with van der Waals surface area (Å²) >= 11 is 6.11. The highest BCUT2D eigenvalue weighted by atomic mass is 35.5. The maximum absolute atomic E-state index is 13.6. The van der Waals surface area contributed by atoms with Crippen molar-refractivity contribution >= 4 is 11.6 Å². The average Bonchev–Trinajstić information content (AvgIpc) is 2.36. The first-order valence-electron chi connectivity index (χ1n) is 5.96. The molecule has 0 saturated heterocycles. The van der Waals surface area contributed by atoms with Crippen molar-refractivity contribution in [3.8, 4) is 11.5 Å². The summed E-state index contributed by atoms with van der Waals surface area (Å²) in [6.45, 7) is 3.74. The lowest BCUT2D eigenvalue weighted by atomic mass is 10.1. The number of halogens is 2. The van der Waals surface area contributed by atoms with Gasteiger partial charge in [-0.1, -0.05) is 23.7 Å². The molecule has 0 aliphatic rings. The smallest absolute Gasteiger partial charge is 0.165 e. The molecule has 1 atom stereocenters. The van der Waals surface area contributed by atoms with Crippen LogP contribution in [0.4, 0.5) is 4.39 Å². The lowest BCUT2D eigenvalue weighted by Gasteiger charge is -2.11. The van der Waals surface area contributed by atoms with Crippen molar-refractivity contribution in [1.82, 2.24) is 0 Å². The maximum Gasteiger partial charge on any atom is 0.165 e. The number of rotatable bonds is 3. The molecule has 0 aromatic heterocycles. The summed E-state index contributed by atoms with van der Waals surface area (Å²) in [5.74, 6) is 0.156. The van der Waals surface area contributed by atoms with E-state index in [2.05, 4.69) is 0 Å². The minimum atomic E-state index is -0.419. The highest BCUT2D eigenvalue weighted by Crippen LogP contribution is 2.32. The Balaban J connectivity index is 2.31. The number of nitrogens with two attached hydrogens (primary N) is 1. The molecule has 2 nitrogen and oxygen atoms in total. The standard InChI is InChI=1S/C15H15ClFNO/c1-9-3-5-13(17)15(7-9)19-14-6-4-11(10(2)18)8-12(14)16/h3-8,10H,18H2,1-2H3/t10-/m0/s1. The van der Waals surface area contributed by atoms with Crippen LogP contribution in [0.3, 0.4) is 0 Å². The Kier molecular flexibility index (Phi) is 4.08. The second kappa shape index (κ2) is 5.59. The van der Waals surface area contributed by atoms with Gasteiger partial charge in [0.25, 0.3) is 0 Å². The number of benzene rings is 2. The van der Waals surface area contributed by atoms with Crippen LogP contribution in [0.15, 0.2) is 36.4 Å². The van der Waals surface area contributed by atoms with E-state index in [1.807, 2.05) is 19.9 Å². The molecule has 2 aromatic carbocycles. The molecule has 19 heavy (non-hydrogen) atoms. The first-order chi connectivity index (χ1) is 8.97. The topological polar surface area (TPSA) is 35.2 Å². The van der Waals surface area contributed by atoms with E-state index in [4.69, 9.17) is 22.1 Å². The Labute approximate surface area is 117 Å². The van der Waals surface area contributed by atoms with Crippen LogP contribution in [0, 0.1) is 12.7 Å². The maximum atomic E-state index is 13.6. The number of hydrogen-bond acceptors (Lipinski definition) is 2. The van der Waals surface area contributed by atoms with Gasteiger partial charge in [0.15, 0.2) is 11.6 Å². The monoisotopic (exact) mass is 279 g/mol. The minimum absolute atomic E-state index is 0.109. The van der Waals surface area contributed by atoms with Gasteiger partial charge in [0.2, 0.25) is 0 Å².